The van der Waals surface area contributed by atoms with E-state index in [2.05, 4.69) is 0 Å². The van der Waals surface area contributed by atoms with E-state index in [4.69, 9.17) is 5.11 Å². The van der Waals surface area contributed by atoms with Crippen molar-refractivity contribution in [1.29, 1.82) is 0 Å². The Morgan fingerprint density at radius 2 is 1.83 bits per heavy atom. The van der Waals surface area contributed by atoms with E-state index in [1.807, 2.05) is 43.3 Å². The summed E-state index contributed by atoms with van der Waals surface area (Å²) in [6.45, 7) is 3.57. The van der Waals surface area contributed by atoms with Crippen LogP contribution in [-0.2, 0) is 9.59 Å². The molecule has 3 heteroatoms. The maximum Gasteiger partial charge on any atom is 0.372 e. The zero-order valence-corrected chi connectivity index (χ0v) is 10.3. The first-order valence-electron chi connectivity index (χ1n) is 5.77. The lowest BCUT2D eigenvalue weighted by molar-refractivity contribution is -0.149. The molecular formula is C15H14O3. The summed E-state index contributed by atoms with van der Waals surface area (Å²) >= 11 is 0. The van der Waals surface area contributed by atoms with Crippen molar-refractivity contribution < 1.29 is 14.7 Å². The molecule has 0 amide bonds. The van der Waals surface area contributed by atoms with E-state index in [0.29, 0.717) is 0 Å². The van der Waals surface area contributed by atoms with Crippen molar-refractivity contribution in [2.75, 3.05) is 0 Å². The number of rotatable bonds is 3. The number of Topliss-reactive ketones (excluding diaryl/α,β-unsaturated/α-hetero) is 1. The quantitative estimate of drug-likeness (QED) is 0.842. The second-order valence-corrected chi connectivity index (χ2v) is 4.47. The summed E-state index contributed by atoms with van der Waals surface area (Å²) in [4.78, 5) is 22.4. The molecule has 2 aromatic rings. The molecule has 0 fully saturated rings. The van der Waals surface area contributed by atoms with Crippen molar-refractivity contribution >= 4 is 22.5 Å². The number of hydrogen-bond donors (Lipinski definition) is 1. The van der Waals surface area contributed by atoms with Crippen LogP contribution in [-0.4, -0.2) is 16.9 Å². The van der Waals surface area contributed by atoms with Crippen LogP contribution < -0.4 is 0 Å². The van der Waals surface area contributed by atoms with Crippen molar-refractivity contribution in [2.24, 2.45) is 0 Å². The first kappa shape index (κ1) is 12.3. The highest BCUT2D eigenvalue weighted by molar-refractivity contribution is 6.35. The van der Waals surface area contributed by atoms with Gasteiger partial charge in [-0.2, -0.15) is 0 Å². The maximum absolute atomic E-state index is 11.6. The number of hydrogen-bond acceptors (Lipinski definition) is 2. The molecule has 0 aliphatic rings. The lowest BCUT2D eigenvalue weighted by atomic mass is 9.90. The molecule has 0 bridgehead atoms. The molecule has 0 aromatic heterocycles. The second-order valence-electron chi connectivity index (χ2n) is 4.47. The number of benzene rings is 2. The molecule has 3 nitrogen and oxygen atoms in total. The molecule has 2 rings (SSSR count). The van der Waals surface area contributed by atoms with Crippen LogP contribution in [0.2, 0.25) is 0 Å². The maximum atomic E-state index is 11.6. The van der Waals surface area contributed by atoms with E-state index in [-0.39, 0.29) is 0 Å². The van der Waals surface area contributed by atoms with Crippen molar-refractivity contribution in [3.63, 3.8) is 0 Å². The number of carboxylic acids is 1. The molecule has 0 spiro atoms. The number of aryl methyl sites for hydroxylation is 1. The highest BCUT2D eigenvalue weighted by Gasteiger charge is 2.23. The normalized spacial score (nSPS) is 12.3. The van der Waals surface area contributed by atoms with Crippen LogP contribution in [0.25, 0.3) is 10.8 Å². The monoisotopic (exact) mass is 242 g/mol. The first-order chi connectivity index (χ1) is 8.50. The Bertz CT molecular complexity index is 629. The number of carboxylic acid groups (broad SMARTS) is 1. The summed E-state index contributed by atoms with van der Waals surface area (Å²) < 4.78 is 0. The number of ketones is 1. The third-order valence-corrected chi connectivity index (χ3v) is 3.11. The van der Waals surface area contributed by atoms with E-state index >= 15 is 0 Å². The van der Waals surface area contributed by atoms with Gasteiger partial charge in [0.15, 0.2) is 0 Å². The van der Waals surface area contributed by atoms with E-state index in [9.17, 15) is 9.59 Å². The zero-order chi connectivity index (χ0) is 13.3. The molecule has 0 saturated carbocycles. The van der Waals surface area contributed by atoms with E-state index in [1.165, 1.54) is 0 Å². The van der Waals surface area contributed by atoms with Crippen LogP contribution in [0.4, 0.5) is 0 Å². The lowest BCUT2D eigenvalue weighted by Gasteiger charge is -2.13. The first-order valence-corrected chi connectivity index (χ1v) is 5.77. The van der Waals surface area contributed by atoms with Gasteiger partial charge >= 0.3 is 5.97 Å². The minimum absolute atomic E-state index is 0.632. The fourth-order valence-corrected chi connectivity index (χ4v) is 2.18. The number of fused-ring (bicyclic) bond motifs is 1. The number of aliphatic carboxylic acids is 1. The van der Waals surface area contributed by atoms with Crippen LogP contribution in [0, 0.1) is 6.92 Å². The smallest absolute Gasteiger partial charge is 0.372 e. The highest BCUT2D eigenvalue weighted by atomic mass is 16.4. The standard InChI is InChI=1S/C15H14O3/c1-9-7-11-5-3-4-6-12(11)13(8-9)10(2)14(16)15(17)18/h3-8,10H,1-2H3,(H,17,18). The summed E-state index contributed by atoms with van der Waals surface area (Å²) in [5.41, 5.74) is 1.80. The topological polar surface area (TPSA) is 54.4 Å². The molecule has 1 atom stereocenters. The van der Waals surface area contributed by atoms with Crippen LogP contribution >= 0.6 is 0 Å². The molecule has 18 heavy (non-hydrogen) atoms. The zero-order valence-electron chi connectivity index (χ0n) is 10.3. The van der Waals surface area contributed by atoms with Gasteiger partial charge < -0.3 is 5.11 Å². The van der Waals surface area contributed by atoms with Gasteiger partial charge in [0.25, 0.3) is 0 Å². The summed E-state index contributed by atoms with van der Waals surface area (Å²) in [6, 6.07) is 11.6. The Morgan fingerprint density at radius 1 is 1.17 bits per heavy atom. The molecule has 1 unspecified atom stereocenters. The largest absolute Gasteiger partial charge is 0.475 e. The van der Waals surface area contributed by atoms with Crippen LogP contribution in [0.1, 0.15) is 24.0 Å². The second kappa shape index (κ2) is 4.61. The average Bonchev–Trinajstić information content (AvgIpc) is 2.35. The third-order valence-electron chi connectivity index (χ3n) is 3.11. The molecule has 1 N–H and O–H groups in total. The Kier molecular flexibility index (Phi) is 3.15. The Labute approximate surface area is 105 Å². The van der Waals surface area contributed by atoms with Gasteiger partial charge in [0.2, 0.25) is 5.78 Å². The van der Waals surface area contributed by atoms with Gasteiger partial charge in [-0.05, 0) is 23.3 Å². The molecule has 0 heterocycles. The fourth-order valence-electron chi connectivity index (χ4n) is 2.18. The molecule has 0 aliphatic heterocycles. The van der Waals surface area contributed by atoms with Crippen molar-refractivity contribution in [3.05, 3.63) is 47.5 Å². The SMILES string of the molecule is Cc1cc(C(C)C(=O)C(=O)O)c2ccccc2c1. The summed E-state index contributed by atoms with van der Waals surface area (Å²) in [6.07, 6.45) is 0. The summed E-state index contributed by atoms with van der Waals surface area (Å²) in [5.74, 6) is -2.79. The van der Waals surface area contributed by atoms with Crippen molar-refractivity contribution in [3.8, 4) is 0 Å². The number of carbonyl (C=O) groups excluding carboxylic acids is 1. The fraction of sp³-hybridized carbons (Fsp3) is 0.200. The van der Waals surface area contributed by atoms with Gasteiger partial charge in [-0.1, -0.05) is 48.9 Å². The van der Waals surface area contributed by atoms with Crippen molar-refractivity contribution in [1.82, 2.24) is 0 Å². The summed E-state index contributed by atoms with van der Waals surface area (Å²) in [5, 5.41) is 10.8. The molecule has 0 saturated heterocycles. The molecule has 92 valence electrons. The summed E-state index contributed by atoms with van der Waals surface area (Å²) in [7, 11) is 0. The van der Waals surface area contributed by atoms with E-state index in [1.54, 1.807) is 6.92 Å². The van der Waals surface area contributed by atoms with E-state index in [0.717, 1.165) is 21.9 Å². The van der Waals surface area contributed by atoms with Crippen LogP contribution in [0.3, 0.4) is 0 Å². The Hall–Kier alpha value is -2.16. The van der Waals surface area contributed by atoms with Crippen LogP contribution in [0.15, 0.2) is 36.4 Å². The predicted octanol–water partition coefficient (Wildman–Crippen LogP) is 2.91. The minimum atomic E-state index is -1.38. The van der Waals surface area contributed by atoms with Crippen LogP contribution in [0.5, 0.6) is 0 Å². The number of carbonyl (C=O) groups is 2. The van der Waals surface area contributed by atoms with Gasteiger partial charge in [0.05, 0.1) is 5.92 Å². The van der Waals surface area contributed by atoms with Gasteiger partial charge in [0, 0.05) is 0 Å². The van der Waals surface area contributed by atoms with Gasteiger partial charge in [-0.15, -0.1) is 0 Å². The molecule has 0 radical (unpaired) electrons. The molecular weight excluding hydrogens is 228 g/mol. The highest BCUT2D eigenvalue weighted by Crippen LogP contribution is 2.27. The third kappa shape index (κ3) is 2.12. The van der Waals surface area contributed by atoms with Gasteiger partial charge in [-0.25, -0.2) is 4.79 Å². The minimum Gasteiger partial charge on any atom is -0.475 e. The Morgan fingerprint density at radius 3 is 2.50 bits per heavy atom. The van der Waals surface area contributed by atoms with E-state index < -0.39 is 17.7 Å². The molecule has 0 aliphatic carbocycles. The molecule has 2 aromatic carbocycles. The average molecular weight is 242 g/mol. The Balaban J connectivity index is 2.63. The lowest BCUT2D eigenvalue weighted by Crippen LogP contribution is -2.19. The van der Waals surface area contributed by atoms with Gasteiger partial charge in [-0.3, -0.25) is 4.79 Å². The predicted molar refractivity (Wildman–Crippen MR) is 69.7 cm³/mol. The van der Waals surface area contributed by atoms with Crippen molar-refractivity contribution in [2.45, 2.75) is 19.8 Å². The van der Waals surface area contributed by atoms with Gasteiger partial charge in [0.1, 0.15) is 0 Å².